The van der Waals surface area contributed by atoms with Crippen LogP contribution in [0.25, 0.3) is 22.2 Å². The highest BCUT2D eigenvalue weighted by molar-refractivity contribution is 6.01. The largest absolute Gasteiger partial charge is 0.378 e. The van der Waals surface area contributed by atoms with E-state index in [9.17, 15) is 9.59 Å². The zero-order valence-corrected chi connectivity index (χ0v) is 15.3. The minimum atomic E-state index is -0.0786. The van der Waals surface area contributed by atoms with Crippen molar-refractivity contribution >= 4 is 22.7 Å². The van der Waals surface area contributed by atoms with Crippen LogP contribution < -0.4 is 5.32 Å². The molecule has 2 aliphatic heterocycles. The Morgan fingerprint density at radius 1 is 1.11 bits per heavy atom. The van der Waals surface area contributed by atoms with E-state index in [1.807, 2.05) is 30.3 Å². The quantitative estimate of drug-likeness (QED) is 0.716. The van der Waals surface area contributed by atoms with Gasteiger partial charge >= 0.3 is 0 Å². The summed E-state index contributed by atoms with van der Waals surface area (Å²) in [5.41, 5.74) is 4.53. The van der Waals surface area contributed by atoms with Crippen molar-refractivity contribution in [1.29, 1.82) is 0 Å². The Kier molecular flexibility index (Phi) is 4.09. The molecule has 7 heteroatoms. The first-order chi connectivity index (χ1) is 13.7. The average Bonchev–Trinajstić information content (AvgIpc) is 3.18. The van der Waals surface area contributed by atoms with E-state index in [1.54, 1.807) is 11.0 Å². The lowest BCUT2D eigenvalue weighted by Crippen LogP contribution is -2.41. The molecule has 0 aliphatic carbocycles. The van der Waals surface area contributed by atoms with E-state index in [-0.39, 0.29) is 11.8 Å². The Morgan fingerprint density at radius 3 is 2.79 bits per heavy atom. The summed E-state index contributed by atoms with van der Waals surface area (Å²) >= 11 is 0. The fourth-order valence-electron chi connectivity index (χ4n) is 3.85. The van der Waals surface area contributed by atoms with Crippen molar-refractivity contribution in [2.45, 2.75) is 6.42 Å². The number of ether oxygens (including phenoxy) is 1. The lowest BCUT2D eigenvalue weighted by Gasteiger charge is -2.26. The highest BCUT2D eigenvalue weighted by atomic mass is 16.5. The molecular formula is C21H20N4O3. The summed E-state index contributed by atoms with van der Waals surface area (Å²) in [6, 6.07) is 11.5. The Morgan fingerprint density at radius 2 is 1.96 bits per heavy atom. The van der Waals surface area contributed by atoms with Crippen molar-refractivity contribution in [2.24, 2.45) is 0 Å². The molecule has 0 radical (unpaired) electrons. The Bertz CT molecular complexity index is 1080. The van der Waals surface area contributed by atoms with Gasteiger partial charge in [-0.3, -0.25) is 9.59 Å². The number of amides is 2. The number of fused-ring (bicyclic) bond motifs is 2. The molecule has 5 rings (SSSR count). The minimum absolute atomic E-state index is 0.0554. The predicted octanol–water partition coefficient (Wildman–Crippen LogP) is 1.99. The van der Waals surface area contributed by atoms with E-state index in [0.29, 0.717) is 44.1 Å². The Hall–Kier alpha value is -3.19. The number of benzene rings is 1. The van der Waals surface area contributed by atoms with Crippen molar-refractivity contribution in [1.82, 2.24) is 20.2 Å². The maximum Gasteiger partial charge on any atom is 0.272 e. The normalized spacial score (nSPS) is 16.7. The number of rotatable bonds is 2. The summed E-state index contributed by atoms with van der Waals surface area (Å²) in [6.45, 7) is 2.91. The van der Waals surface area contributed by atoms with Crippen LogP contribution in [-0.2, 0) is 11.2 Å². The third kappa shape index (κ3) is 2.84. The molecular weight excluding hydrogens is 356 g/mol. The maximum absolute atomic E-state index is 12.8. The van der Waals surface area contributed by atoms with Crippen LogP contribution in [0.4, 0.5) is 0 Å². The lowest BCUT2D eigenvalue weighted by molar-refractivity contribution is 0.0299. The molecule has 2 N–H and O–H groups in total. The van der Waals surface area contributed by atoms with Gasteiger partial charge in [0.05, 0.1) is 24.3 Å². The highest BCUT2D eigenvalue weighted by Gasteiger charge is 2.22. The van der Waals surface area contributed by atoms with E-state index in [2.05, 4.69) is 10.3 Å². The smallest absolute Gasteiger partial charge is 0.272 e. The number of hydrogen-bond donors (Lipinski definition) is 2. The van der Waals surface area contributed by atoms with Gasteiger partial charge in [-0.1, -0.05) is 24.3 Å². The first-order valence-corrected chi connectivity index (χ1v) is 9.48. The average molecular weight is 376 g/mol. The number of morpholine rings is 1. The number of para-hydroxylation sites is 1. The van der Waals surface area contributed by atoms with Crippen molar-refractivity contribution in [2.75, 3.05) is 32.8 Å². The number of carbonyl (C=O) groups is 2. The van der Waals surface area contributed by atoms with Gasteiger partial charge in [0.2, 0.25) is 0 Å². The van der Waals surface area contributed by atoms with Gasteiger partial charge in [0.25, 0.3) is 11.8 Å². The van der Waals surface area contributed by atoms with Crippen LogP contribution in [0.15, 0.2) is 36.4 Å². The summed E-state index contributed by atoms with van der Waals surface area (Å²) in [4.78, 5) is 34.8. The van der Waals surface area contributed by atoms with E-state index in [4.69, 9.17) is 9.72 Å². The first kappa shape index (κ1) is 16.9. The molecule has 0 saturated carbocycles. The maximum atomic E-state index is 12.8. The van der Waals surface area contributed by atoms with Gasteiger partial charge in [0.1, 0.15) is 5.69 Å². The summed E-state index contributed by atoms with van der Waals surface area (Å²) < 4.78 is 5.33. The Balaban J connectivity index is 1.58. The van der Waals surface area contributed by atoms with Gasteiger partial charge < -0.3 is 19.9 Å². The second kappa shape index (κ2) is 6.76. The van der Waals surface area contributed by atoms with Crippen LogP contribution in [-0.4, -0.2) is 59.5 Å². The van der Waals surface area contributed by atoms with E-state index in [0.717, 1.165) is 34.3 Å². The van der Waals surface area contributed by atoms with Crippen LogP contribution in [0.1, 0.15) is 26.5 Å². The van der Waals surface area contributed by atoms with Crippen LogP contribution in [0, 0.1) is 0 Å². The second-order valence-electron chi connectivity index (χ2n) is 7.06. The van der Waals surface area contributed by atoms with Crippen LogP contribution in [0.3, 0.4) is 0 Å². The molecule has 28 heavy (non-hydrogen) atoms. The van der Waals surface area contributed by atoms with Crippen LogP contribution >= 0.6 is 0 Å². The molecule has 0 atom stereocenters. The number of hydrogen-bond acceptors (Lipinski definition) is 4. The first-order valence-electron chi connectivity index (χ1n) is 9.48. The lowest BCUT2D eigenvalue weighted by atomic mass is 10.1. The van der Waals surface area contributed by atoms with Crippen molar-refractivity contribution in [3.8, 4) is 11.3 Å². The molecule has 0 bridgehead atoms. The number of aromatic nitrogens is 2. The molecule has 2 aliphatic rings. The number of carbonyl (C=O) groups excluding carboxylic acids is 2. The molecule has 3 aromatic rings. The van der Waals surface area contributed by atoms with Gasteiger partial charge in [-0.15, -0.1) is 0 Å². The number of pyridine rings is 1. The molecule has 1 fully saturated rings. The van der Waals surface area contributed by atoms with E-state index in [1.165, 1.54) is 0 Å². The zero-order chi connectivity index (χ0) is 19.1. The van der Waals surface area contributed by atoms with E-state index < -0.39 is 0 Å². The summed E-state index contributed by atoms with van der Waals surface area (Å²) in [7, 11) is 0. The number of nitrogens with one attached hydrogen (secondary N) is 2. The molecule has 142 valence electrons. The zero-order valence-electron chi connectivity index (χ0n) is 15.3. The van der Waals surface area contributed by atoms with Crippen LogP contribution in [0.5, 0.6) is 0 Å². The van der Waals surface area contributed by atoms with Gasteiger partial charge in [0.15, 0.2) is 0 Å². The van der Waals surface area contributed by atoms with Gasteiger partial charge in [0, 0.05) is 48.4 Å². The van der Waals surface area contributed by atoms with Crippen molar-refractivity contribution in [3.05, 3.63) is 53.3 Å². The standard InChI is InChI=1S/C21H20N4O3/c26-20-15-12-18(23-16(15)6-7-22-20)14-3-1-2-13-4-5-17(24-19(13)14)21(27)25-8-10-28-11-9-25/h1-5,12,23H,6-11H2,(H,22,26). The van der Waals surface area contributed by atoms with Crippen molar-refractivity contribution < 1.29 is 14.3 Å². The molecule has 1 saturated heterocycles. The molecule has 7 nitrogen and oxygen atoms in total. The summed E-state index contributed by atoms with van der Waals surface area (Å²) in [6.07, 6.45) is 0.778. The fourth-order valence-corrected chi connectivity index (χ4v) is 3.85. The molecule has 0 unspecified atom stereocenters. The molecule has 1 aromatic carbocycles. The highest BCUT2D eigenvalue weighted by Crippen LogP contribution is 2.29. The Labute approximate surface area is 161 Å². The van der Waals surface area contributed by atoms with Crippen molar-refractivity contribution in [3.63, 3.8) is 0 Å². The minimum Gasteiger partial charge on any atom is -0.378 e. The van der Waals surface area contributed by atoms with Crippen LogP contribution in [0.2, 0.25) is 0 Å². The monoisotopic (exact) mass is 376 g/mol. The van der Waals surface area contributed by atoms with Gasteiger partial charge in [-0.25, -0.2) is 4.98 Å². The summed E-state index contributed by atoms with van der Waals surface area (Å²) in [5.74, 6) is -0.134. The fraction of sp³-hybridized carbons (Fsp3) is 0.286. The molecule has 0 spiro atoms. The number of H-pyrrole nitrogens is 1. The molecule has 2 aromatic heterocycles. The summed E-state index contributed by atoms with van der Waals surface area (Å²) in [5, 5.41) is 3.82. The molecule has 4 heterocycles. The predicted molar refractivity (Wildman–Crippen MR) is 104 cm³/mol. The topological polar surface area (TPSA) is 87.3 Å². The van der Waals surface area contributed by atoms with Gasteiger partial charge in [-0.2, -0.15) is 0 Å². The van der Waals surface area contributed by atoms with E-state index >= 15 is 0 Å². The molecule has 2 amide bonds. The second-order valence-corrected chi connectivity index (χ2v) is 7.06. The van der Waals surface area contributed by atoms with Gasteiger partial charge in [-0.05, 0) is 12.1 Å². The third-order valence-electron chi connectivity index (χ3n) is 5.33. The third-order valence-corrected chi connectivity index (χ3v) is 5.33. The number of aromatic amines is 1. The SMILES string of the molecule is O=C1NCCc2[nH]c(-c3cccc4ccc(C(=O)N5CCOCC5)nc34)cc21. The number of nitrogens with zero attached hydrogens (tertiary/aromatic N) is 2.